The van der Waals surface area contributed by atoms with Crippen LogP contribution in [-0.2, 0) is 16.1 Å². The summed E-state index contributed by atoms with van der Waals surface area (Å²) in [5.41, 5.74) is 1.72. The van der Waals surface area contributed by atoms with Crippen molar-refractivity contribution in [2.45, 2.75) is 64.0 Å². The van der Waals surface area contributed by atoms with Gasteiger partial charge in [-0.05, 0) is 49.8 Å². The molecule has 2 N–H and O–H groups in total. The van der Waals surface area contributed by atoms with Gasteiger partial charge in [0.15, 0.2) is 5.01 Å². The van der Waals surface area contributed by atoms with E-state index in [1.807, 2.05) is 54.6 Å². The Bertz CT molecular complexity index is 1120. The van der Waals surface area contributed by atoms with Gasteiger partial charge in [-0.1, -0.05) is 61.7 Å². The monoisotopic (exact) mass is 507 g/mol. The molecule has 1 aromatic heterocycles. The van der Waals surface area contributed by atoms with E-state index in [2.05, 4.69) is 15.6 Å². The lowest BCUT2D eigenvalue weighted by Gasteiger charge is -2.24. The second-order valence-electron chi connectivity index (χ2n) is 9.23. The second kappa shape index (κ2) is 13.2. The van der Waals surface area contributed by atoms with Crippen molar-refractivity contribution in [3.05, 3.63) is 65.2 Å². The van der Waals surface area contributed by atoms with Crippen LogP contribution in [-0.4, -0.2) is 35.4 Å². The molecule has 36 heavy (non-hydrogen) atoms. The van der Waals surface area contributed by atoms with E-state index in [-0.39, 0.29) is 24.2 Å². The quantitative estimate of drug-likeness (QED) is 0.259. The summed E-state index contributed by atoms with van der Waals surface area (Å²) in [6, 6.07) is 16.6. The Labute approximate surface area is 215 Å². The van der Waals surface area contributed by atoms with Gasteiger partial charge in [-0.15, -0.1) is 11.3 Å². The largest absolute Gasteiger partial charge is 0.445 e. The van der Waals surface area contributed by atoms with E-state index in [0.29, 0.717) is 30.8 Å². The molecule has 1 atom stereocenters. The highest BCUT2D eigenvalue weighted by atomic mass is 32.1. The Hall–Kier alpha value is -3.26. The van der Waals surface area contributed by atoms with Gasteiger partial charge in [-0.25, -0.2) is 9.78 Å². The maximum Gasteiger partial charge on any atom is 0.407 e. The molecule has 7 nitrogen and oxygen atoms in total. The smallest absolute Gasteiger partial charge is 0.407 e. The number of hydrogen-bond acceptors (Lipinski definition) is 6. The van der Waals surface area contributed by atoms with E-state index >= 15 is 0 Å². The van der Waals surface area contributed by atoms with Gasteiger partial charge in [0.25, 0.3) is 0 Å². The van der Waals surface area contributed by atoms with Crippen molar-refractivity contribution in [3.63, 3.8) is 0 Å². The first-order chi connectivity index (χ1) is 17.6. The highest BCUT2D eigenvalue weighted by Crippen LogP contribution is 2.26. The van der Waals surface area contributed by atoms with Crippen molar-refractivity contribution in [2.75, 3.05) is 6.54 Å². The van der Waals surface area contributed by atoms with Gasteiger partial charge in [0, 0.05) is 12.5 Å². The molecule has 1 heterocycles. The molecule has 2 amide bonds. The van der Waals surface area contributed by atoms with E-state index in [9.17, 15) is 14.4 Å². The number of unbranched alkanes of at least 4 members (excludes halogenated alkanes) is 1. The summed E-state index contributed by atoms with van der Waals surface area (Å²) in [5.74, 6) is -0.196. The number of carbonyl (C=O) groups is 3. The lowest BCUT2D eigenvalue weighted by molar-refractivity contribution is -0.126. The Balaban J connectivity index is 1.29. The number of fused-ring (bicyclic) bond motifs is 1. The minimum absolute atomic E-state index is 0.0227. The van der Waals surface area contributed by atoms with Crippen LogP contribution in [0.25, 0.3) is 10.2 Å². The molecule has 0 aliphatic heterocycles. The number of aromatic nitrogens is 1. The van der Waals surface area contributed by atoms with Gasteiger partial charge in [-0.2, -0.15) is 0 Å². The van der Waals surface area contributed by atoms with Gasteiger partial charge in [0.2, 0.25) is 11.7 Å². The molecular formula is C28H33N3O4S. The fourth-order valence-corrected chi connectivity index (χ4v) is 5.45. The normalized spacial score (nSPS) is 14.8. The van der Waals surface area contributed by atoms with Crippen LogP contribution in [0.4, 0.5) is 4.79 Å². The molecule has 1 unspecified atom stereocenters. The lowest BCUT2D eigenvalue weighted by Crippen LogP contribution is -2.44. The molecule has 0 radical (unpaired) electrons. The van der Waals surface area contributed by atoms with E-state index in [1.54, 1.807) is 0 Å². The van der Waals surface area contributed by atoms with Crippen molar-refractivity contribution >= 4 is 39.3 Å². The van der Waals surface area contributed by atoms with Gasteiger partial charge >= 0.3 is 6.09 Å². The number of nitrogens with one attached hydrogen (secondary N) is 2. The number of nitrogens with zero attached hydrogens (tertiary/aromatic N) is 1. The topological polar surface area (TPSA) is 97.4 Å². The van der Waals surface area contributed by atoms with Crippen LogP contribution < -0.4 is 10.6 Å². The SMILES string of the molecule is O=C(NCCCCC(NC(=O)C1CCCCC1)C(=O)c1nc2ccccc2s1)OCc1ccccc1. The number of benzene rings is 2. The minimum atomic E-state index is -0.620. The van der Waals surface area contributed by atoms with E-state index in [1.165, 1.54) is 17.8 Å². The summed E-state index contributed by atoms with van der Waals surface area (Å²) >= 11 is 1.36. The molecule has 3 aromatic rings. The van der Waals surface area contributed by atoms with Crippen LogP contribution in [0.2, 0.25) is 0 Å². The maximum absolute atomic E-state index is 13.4. The number of Topliss-reactive ketones (excluding diaryl/α,β-unsaturated/α-hetero) is 1. The fourth-order valence-electron chi connectivity index (χ4n) is 4.49. The number of ketones is 1. The van der Waals surface area contributed by atoms with Gasteiger partial charge in [0.1, 0.15) is 6.61 Å². The molecule has 190 valence electrons. The highest BCUT2D eigenvalue weighted by Gasteiger charge is 2.28. The average molecular weight is 508 g/mol. The molecule has 8 heteroatoms. The summed E-state index contributed by atoms with van der Waals surface area (Å²) in [6.07, 6.45) is 6.40. The average Bonchev–Trinajstić information content (AvgIpc) is 3.36. The third-order valence-corrected chi connectivity index (χ3v) is 7.57. The van der Waals surface area contributed by atoms with E-state index in [0.717, 1.165) is 41.5 Å². The third-order valence-electron chi connectivity index (χ3n) is 6.52. The number of rotatable bonds is 11. The van der Waals surface area contributed by atoms with Crippen molar-refractivity contribution < 1.29 is 19.1 Å². The molecule has 4 rings (SSSR count). The highest BCUT2D eigenvalue weighted by molar-refractivity contribution is 7.20. The minimum Gasteiger partial charge on any atom is -0.445 e. The molecule has 1 fully saturated rings. The third kappa shape index (κ3) is 7.37. The molecule has 1 saturated carbocycles. The Morgan fingerprint density at radius 3 is 2.50 bits per heavy atom. The van der Waals surface area contributed by atoms with Crippen LogP contribution in [0.3, 0.4) is 0 Å². The number of alkyl carbamates (subject to hydrolysis) is 1. The fraction of sp³-hybridized carbons (Fsp3) is 0.429. The molecule has 2 aromatic carbocycles. The van der Waals surface area contributed by atoms with Crippen molar-refractivity contribution in [3.8, 4) is 0 Å². The van der Waals surface area contributed by atoms with Gasteiger partial charge in [-0.3, -0.25) is 9.59 Å². The summed E-state index contributed by atoms with van der Waals surface area (Å²) in [4.78, 5) is 42.8. The Kier molecular flexibility index (Phi) is 9.44. The number of hydrogen-bond donors (Lipinski definition) is 2. The predicted octanol–water partition coefficient (Wildman–Crippen LogP) is 5.64. The number of para-hydroxylation sites is 1. The van der Waals surface area contributed by atoms with Crippen molar-refractivity contribution in [2.24, 2.45) is 5.92 Å². The molecule has 0 spiro atoms. The Morgan fingerprint density at radius 2 is 1.72 bits per heavy atom. The number of carbonyl (C=O) groups excluding carboxylic acids is 3. The number of amides is 2. The predicted molar refractivity (Wildman–Crippen MR) is 141 cm³/mol. The zero-order chi connectivity index (χ0) is 25.2. The first kappa shape index (κ1) is 25.8. The van der Waals surface area contributed by atoms with Crippen molar-refractivity contribution in [1.82, 2.24) is 15.6 Å². The summed E-state index contributed by atoms with van der Waals surface area (Å²) in [7, 11) is 0. The lowest BCUT2D eigenvalue weighted by atomic mass is 9.88. The van der Waals surface area contributed by atoms with Crippen LogP contribution in [0, 0.1) is 5.92 Å². The summed E-state index contributed by atoms with van der Waals surface area (Å²) in [5, 5.41) is 6.21. The number of ether oxygens (including phenoxy) is 1. The maximum atomic E-state index is 13.4. The van der Waals surface area contributed by atoms with Gasteiger partial charge < -0.3 is 15.4 Å². The molecular weight excluding hydrogens is 474 g/mol. The number of thiazole rings is 1. The first-order valence-electron chi connectivity index (χ1n) is 12.7. The van der Waals surface area contributed by atoms with Crippen LogP contribution in [0.15, 0.2) is 54.6 Å². The zero-order valence-corrected chi connectivity index (χ0v) is 21.2. The Morgan fingerprint density at radius 1 is 0.972 bits per heavy atom. The van der Waals surface area contributed by atoms with Crippen LogP contribution >= 0.6 is 11.3 Å². The molecule has 0 bridgehead atoms. The van der Waals surface area contributed by atoms with Crippen LogP contribution in [0.5, 0.6) is 0 Å². The van der Waals surface area contributed by atoms with Gasteiger partial charge in [0.05, 0.1) is 16.3 Å². The zero-order valence-electron chi connectivity index (χ0n) is 20.4. The summed E-state index contributed by atoms with van der Waals surface area (Å²) < 4.78 is 6.19. The molecule has 0 saturated heterocycles. The van der Waals surface area contributed by atoms with E-state index in [4.69, 9.17) is 4.74 Å². The molecule has 1 aliphatic carbocycles. The first-order valence-corrected chi connectivity index (χ1v) is 13.6. The summed E-state index contributed by atoms with van der Waals surface area (Å²) in [6.45, 7) is 0.658. The standard InChI is InChI=1S/C28H33N3O4S/c32-25(27-31-22-15-7-8-17-24(22)36-27)23(30-26(33)21-13-5-2-6-14-21)16-9-10-18-29-28(34)35-19-20-11-3-1-4-12-20/h1,3-4,7-8,11-12,15,17,21,23H,2,5-6,9-10,13-14,16,18-19H2,(H,29,34)(H,30,33). The van der Waals surface area contributed by atoms with Crippen molar-refractivity contribution in [1.29, 1.82) is 0 Å². The molecule has 1 aliphatic rings. The van der Waals surface area contributed by atoms with E-state index < -0.39 is 12.1 Å². The second-order valence-corrected chi connectivity index (χ2v) is 10.3. The van der Waals surface area contributed by atoms with Crippen LogP contribution in [0.1, 0.15) is 66.7 Å².